The highest BCUT2D eigenvalue weighted by Gasteiger charge is 2.61. The van der Waals surface area contributed by atoms with Gasteiger partial charge in [-0.3, -0.25) is 0 Å². The first kappa shape index (κ1) is 20.3. The Hall–Kier alpha value is 0. The van der Waals surface area contributed by atoms with Gasteiger partial charge in [0.2, 0.25) is 0 Å². The maximum Gasteiger partial charge on any atom is -0.0213 e. The third kappa shape index (κ3) is 3.44. The predicted molar refractivity (Wildman–Crippen MR) is 118 cm³/mol. The molecule has 0 aromatic heterocycles. The molecular weight excluding hydrogens is 324 g/mol. The van der Waals surface area contributed by atoms with E-state index in [-0.39, 0.29) is 0 Å². The largest absolute Gasteiger partial charge is 0.0588 e. The highest BCUT2D eigenvalue weighted by molar-refractivity contribution is 5.10. The first-order valence-corrected chi connectivity index (χ1v) is 13.1. The molecule has 0 N–H and O–H groups in total. The summed E-state index contributed by atoms with van der Waals surface area (Å²) in [5.74, 6) is 2.09. The van der Waals surface area contributed by atoms with Gasteiger partial charge in [-0.25, -0.2) is 0 Å². The van der Waals surface area contributed by atoms with Crippen LogP contribution in [0.3, 0.4) is 0 Å². The monoisotopic (exact) mass is 372 g/mol. The smallest absolute Gasteiger partial charge is 0.0213 e. The number of hydrogen-bond acceptors (Lipinski definition) is 0. The summed E-state index contributed by atoms with van der Waals surface area (Å²) in [4.78, 5) is 0. The molecule has 156 valence electrons. The summed E-state index contributed by atoms with van der Waals surface area (Å²) in [6.45, 7) is 5.65. The van der Waals surface area contributed by atoms with Crippen LogP contribution in [-0.2, 0) is 0 Å². The summed E-state index contributed by atoms with van der Waals surface area (Å²) in [5, 5.41) is 0. The summed E-state index contributed by atoms with van der Waals surface area (Å²) in [6, 6.07) is 0. The molecule has 0 spiro atoms. The average Bonchev–Trinajstić information content (AvgIpc) is 2.76. The van der Waals surface area contributed by atoms with Crippen molar-refractivity contribution in [1.82, 2.24) is 0 Å². The molecule has 4 fully saturated rings. The SMILES string of the molecule is CC(C)(C1(C2CCCCC2)CCCCC1)C1(C2CCCCC2)CCCCC1. The molecule has 0 aliphatic heterocycles. The Balaban J connectivity index is 1.72. The topological polar surface area (TPSA) is 0 Å². The van der Waals surface area contributed by atoms with Gasteiger partial charge in [-0.05, 0) is 79.4 Å². The maximum atomic E-state index is 2.83. The van der Waals surface area contributed by atoms with Crippen molar-refractivity contribution < 1.29 is 0 Å². The minimum absolute atomic E-state index is 0.546. The Morgan fingerprint density at radius 3 is 1.07 bits per heavy atom. The molecular formula is C27H48. The third-order valence-electron chi connectivity index (χ3n) is 10.8. The molecule has 0 bridgehead atoms. The van der Waals surface area contributed by atoms with Crippen LogP contribution in [0.5, 0.6) is 0 Å². The molecule has 0 nitrogen and oxygen atoms in total. The zero-order valence-electron chi connectivity index (χ0n) is 18.8. The van der Waals surface area contributed by atoms with Crippen molar-refractivity contribution in [1.29, 1.82) is 0 Å². The van der Waals surface area contributed by atoms with Crippen LogP contribution in [0.2, 0.25) is 0 Å². The third-order valence-corrected chi connectivity index (χ3v) is 10.8. The van der Waals surface area contributed by atoms with E-state index < -0.39 is 0 Å². The van der Waals surface area contributed by atoms with Crippen LogP contribution in [0.15, 0.2) is 0 Å². The Bertz CT molecular complexity index is 406. The lowest BCUT2D eigenvalue weighted by molar-refractivity contribution is -0.169. The van der Waals surface area contributed by atoms with Gasteiger partial charge in [0, 0.05) is 0 Å². The molecule has 0 radical (unpaired) electrons. The van der Waals surface area contributed by atoms with E-state index in [4.69, 9.17) is 0 Å². The molecule has 0 aromatic carbocycles. The van der Waals surface area contributed by atoms with Crippen LogP contribution in [0, 0.1) is 28.1 Å². The van der Waals surface area contributed by atoms with Gasteiger partial charge in [0.05, 0.1) is 0 Å². The lowest BCUT2D eigenvalue weighted by Crippen LogP contribution is -2.58. The van der Waals surface area contributed by atoms with Gasteiger partial charge in [0.25, 0.3) is 0 Å². The molecule has 0 heteroatoms. The molecule has 27 heavy (non-hydrogen) atoms. The highest BCUT2D eigenvalue weighted by atomic mass is 14.7. The summed E-state index contributed by atoms with van der Waals surface area (Å²) < 4.78 is 0. The summed E-state index contributed by atoms with van der Waals surface area (Å²) >= 11 is 0. The molecule has 0 atom stereocenters. The predicted octanol–water partition coefficient (Wildman–Crippen LogP) is 9.07. The fourth-order valence-corrected chi connectivity index (χ4v) is 9.26. The molecule has 4 aliphatic carbocycles. The Morgan fingerprint density at radius 2 is 0.741 bits per heavy atom. The van der Waals surface area contributed by atoms with Gasteiger partial charge in [-0.15, -0.1) is 0 Å². The van der Waals surface area contributed by atoms with E-state index in [2.05, 4.69) is 13.8 Å². The van der Waals surface area contributed by atoms with Crippen LogP contribution >= 0.6 is 0 Å². The van der Waals surface area contributed by atoms with Gasteiger partial charge in [-0.1, -0.05) is 90.9 Å². The molecule has 0 saturated heterocycles. The van der Waals surface area contributed by atoms with Gasteiger partial charge in [0.1, 0.15) is 0 Å². The first-order chi connectivity index (χ1) is 13.1. The molecule has 4 saturated carbocycles. The van der Waals surface area contributed by atoms with Crippen molar-refractivity contribution in [2.75, 3.05) is 0 Å². The second-order valence-corrected chi connectivity index (χ2v) is 11.7. The molecule has 0 heterocycles. The van der Waals surface area contributed by atoms with E-state index in [1.807, 2.05) is 0 Å². The van der Waals surface area contributed by atoms with Crippen LogP contribution in [-0.4, -0.2) is 0 Å². The lowest BCUT2D eigenvalue weighted by atomic mass is 9.39. The zero-order valence-corrected chi connectivity index (χ0v) is 18.8. The Kier molecular flexibility index (Phi) is 6.30. The van der Waals surface area contributed by atoms with Crippen LogP contribution in [0.4, 0.5) is 0 Å². The number of rotatable bonds is 4. The van der Waals surface area contributed by atoms with Crippen LogP contribution in [0.25, 0.3) is 0 Å². The molecule has 0 amide bonds. The average molecular weight is 373 g/mol. The highest BCUT2D eigenvalue weighted by Crippen LogP contribution is 2.70. The van der Waals surface area contributed by atoms with Crippen molar-refractivity contribution >= 4 is 0 Å². The standard InChI is InChI=1S/C27H48/c1-25(2,26(19-11-5-12-20-26)23-15-7-3-8-16-23)27(21-13-6-14-22-27)24-17-9-4-10-18-24/h23-24H,3-22H2,1-2H3. The summed E-state index contributed by atoms with van der Waals surface area (Å²) in [5.41, 5.74) is 1.88. The van der Waals surface area contributed by atoms with Gasteiger partial charge >= 0.3 is 0 Å². The molecule has 4 aliphatic rings. The minimum Gasteiger partial charge on any atom is -0.0588 e. The van der Waals surface area contributed by atoms with Gasteiger partial charge in [0.15, 0.2) is 0 Å². The van der Waals surface area contributed by atoms with Gasteiger partial charge in [-0.2, -0.15) is 0 Å². The van der Waals surface area contributed by atoms with E-state index >= 15 is 0 Å². The van der Waals surface area contributed by atoms with Crippen molar-refractivity contribution in [2.45, 2.75) is 142 Å². The van der Waals surface area contributed by atoms with Crippen LogP contribution < -0.4 is 0 Å². The molecule has 0 aromatic rings. The first-order valence-electron chi connectivity index (χ1n) is 13.1. The van der Waals surface area contributed by atoms with E-state index in [0.717, 1.165) is 11.8 Å². The van der Waals surface area contributed by atoms with Crippen LogP contribution in [0.1, 0.15) is 142 Å². The second-order valence-electron chi connectivity index (χ2n) is 11.7. The van der Waals surface area contributed by atoms with Gasteiger partial charge < -0.3 is 0 Å². The second kappa shape index (κ2) is 8.39. The summed E-state index contributed by atoms with van der Waals surface area (Å²) in [6.07, 6.45) is 30.8. The van der Waals surface area contributed by atoms with Crippen molar-refractivity contribution in [3.8, 4) is 0 Å². The van der Waals surface area contributed by atoms with E-state index in [9.17, 15) is 0 Å². The van der Waals surface area contributed by atoms with E-state index in [0.29, 0.717) is 16.2 Å². The Morgan fingerprint density at radius 1 is 0.444 bits per heavy atom. The number of hydrogen-bond donors (Lipinski definition) is 0. The summed E-state index contributed by atoms with van der Waals surface area (Å²) in [7, 11) is 0. The van der Waals surface area contributed by atoms with E-state index in [1.54, 1.807) is 51.4 Å². The maximum absolute atomic E-state index is 2.83. The Labute approximate surface area is 170 Å². The van der Waals surface area contributed by atoms with Crippen molar-refractivity contribution in [3.63, 3.8) is 0 Å². The molecule has 0 unspecified atom stereocenters. The molecule has 4 rings (SSSR count). The minimum atomic E-state index is 0.546. The van der Waals surface area contributed by atoms with Crippen molar-refractivity contribution in [3.05, 3.63) is 0 Å². The fraction of sp³-hybridized carbons (Fsp3) is 1.00. The quantitative estimate of drug-likeness (QED) is 0.461. The van der Waals surface area contributed by atoms with E-state index in [1.165, 1.54) is 77.0 Å². The lowest BCUT2D eigenvalue weighted by Gasteiger charge is -2.66. The zero-order chi connectivity index (χ0) is 18.8. The fourth-order valence-electron chi connectivity index (χ4n) is 9.26. The normalized spacial score (nSPS) is 30.9. The van der Waals surface area contributed by atoms with Crippen molar-refractivity contribution in [2.24, 2.45) is 28.1 Å².